The SMILES string of the molecule is CC(=O)c1ccc(NC(=O)CN2CCC[C@H]3O[C@H]4c5ccc(O)cc5OC(C)(C)[C@@H]4C[C@H]32)cc1. The number of anilines is 1. The van der Waals surface area contributed by atoms with Gasteiger partial charge in [-0.1, -0.05) is 0 Å². The highest BCUT2D eigenvalue weighted by atomic mass is 16.5. The molecule has 0 spiro atoms. The van der Waals surface area contributed by atoms with E-state index >= 15 is 0 Å². The predicted molar refractivity (Wildman–Crippen MR) is 128 cm³/mol. The summed E-state index contributed by atoms with van der Waals surface area (Å²) in [5.74, 6) is 0.939. The summed E-state index contributed by atoms with van der Waals surface area (Å²) in [6.45, 7) is 6.82. The first-order chi connectivity index (χ1) is 16.2. The van der Waals surface area contributed by atoms with Crippen molar-refractivity contribution in [2.24, 2.45) is 5.92 Å². The summed E-state index contributed by atoms with van der Waals surface area (Å²) in [6.07, 6.45) is 2.78. The zero-order valence-electron chi connectivity index (χ0n) is 19.9. The Hall–Kier alpha value is -2.90. The molecule has 1 amide bonds. The number of fused-ring (bicyclic) bond motifs is 4. The van der Waals surface area contributed by atoms with Gasteiger partial charge in [0.15, 0.2) is 5.78 Å². The minimum Gasteiger partial charge on any atom is -0.508 e. The largest absolute Gasteiger partial charge is 0.508 e. The number of carbonyl (C=O) groups is 2. The van der Waals surface area contributed by atoms with E-state index in [9.17, 15) is 14.7 Å². The third kappa shape index (κ3) is 4.30. The molecular formula is C27H32N2O5. The number of ketones is 1. The number of phenolic OH excluding ortho intramolecular Hbond substituents is 1. The Bertz CT molecular complexity index is 1100. The minimum atomic E-state index is -0.458. The van der Waals surface area contributed by atoms with Gasteiger partial charge in [-0.3, -0.25) is 14.5 Å². The Labute approximate surface area is 200 Å². The third-order valence-electron chi connectivity index (χ3n) is 7.51. The second kappa shape index (κ2) is 8.71. The topological polar surface area (TPSA) is 88.1 Å². The van der Waals surface area contributed by atoms with E-state index in [1.807, 2.05) is 6.07 Å². The second-order valence-corrected chi connectivity index (χ2v) is 10.2. The Kier molecular flexibility index (Phi) is 5.86. The van der Waals surface area contributed by atoms with Crippen LogP contribution in [0, 0.1) is 5.92 Å². The molecule has 0 unspecified atom stereocenters. The molecule has 180 valence electrons. The maximum Gasteiger partial charge on any atom is 0.238 e. The predicted octanol–water partition coefficient (Wildman–Crippen LogP) is 4.32. The van der Waals surface area contributed by atoms with E-state index in [0.29, 0.717) is 23.5 Å². The molecule has 2 N–H and O–H groups in total. The van der Waals surface area contributed by atoms with Crippen molar-refractivity contribution in [1.82, 2.24) is 4.90 Å². The van der Waals surface area contributed by atoms with Crippen molar-refractivity contribution in [2.75, 3.05) is 18.4 Å². The van der Waals surface area contributed by atoms with Gasteiger partial charge in [-0.15, -0.1) is 0 Å². The summed E-state index contributed by atoms with van der Waals surface area (Å²) in [5, 5.41) is 12.9. The van der Waals surface area contributed by atoms with E-state index in [1.165, 1.54) is 6.92 Å². The molecule has 0 radical (unpaired) electrons. The van der Waals surface area contributed by atoms with Gasteiger partial charge < -0.3 is 19.9 Å². The standard InChI is InChI=1S/C27H32N2O5/c1-16(30)17-6-8-18(9-7-17)28-25(32)15-29-12-4-5-23-22(29)14-21-26(33-23)20-11-10-19(31)13-24(20)34-27(21,2)3/h6-11,13,21-23,26,31H,4-5,12,14-15H2,1-3H3,(H,28,32)/t21-,22-,23-,26+/m1/s1. The van der Waals surface area contributed by atoms with Crippen LogP contribution in [-0.4, -0.2) is 52.5 Å². The molecule has 7 heteroatoms. The highest BCUT2D eigenvalue weighted by molar-refractivity contribution is 5.96. The van der Waals surface area contributed by atoms with Gasteiger partial charge in [-0.05, 0) is 83.0 Å². The van der Waals surface area contributed by atoms with E-state index in [1.54, 1.807) is 36.4 Å². The number of nitrogens with zero attached hydrogens (tertiary/aromatic N) is 1. The van der Waals surface area contributed by atoms with Crippen LogP contribution >= 0.6 is 0 Å². The zero-order chi connectivity index (χ0) is 24.0. The van der Waals surface area contributed by atoms with Gasteiger partial charge in [0.1, 0.15) is 17.1 Å². The van der Waals surface area contributed by atoms with E-state index < -0.39 is 5.60 Å². The summed E-state index contributed by atoms with van der Waals surface area (Å²) in [7, 11) is 0. The fraction of sp³-hybridized carbons (Fsp3) is 0.481. The lowest BCUT2D eigenvalue weighted by Gasteiger charge is -2.54. The van der Waals surface area contributed by atoms with Crippen LogP contribution in [0.25, 0.3) is 0 Å². The quantitative estimate of drug-likeness (QED) is 0.656. The average molecular weight is 465 g/mol. The maximum absolute atomic E-state index is 12.9. The van der Waals surface area contributed by atoms with Crippen LogP contribution in [0.3, 0.4) is 0 Å². The summed E-state index contributed by atoms with van der Waals surface area (Å²) >= 11 is 0. The number of amides is 1. The average Bonchev–Trinajstić information content (AvgIpc) is 2.78. The number of ether oxygens (including phenoxy) is 2. The molecule has 5 rings (SSSR count). The summed E-state index contributed by atoms with van der Waals surface area (Å²) in [5.41, 5.74) is 1.84. The molecular weight excluding hydrogens is 432 g/mol. The number of Topliss-reactive ketones (excluding diaryl/α,β-unsaturated/α-hetero) is 1. The fourth-order valence-corrected chi connectivity index (χ4v) is 5.73. The summed E-state index contributed by atoms with van der Waals surface area (Å²) in [4.78, 5) is 26.6. The van der Waals surface area contributed by atoms with Gasteiger partial charge in [-0.25, -0.2) is 0 Å². The normalized spacial score (nSPS) is 27.5. The molecule has 7 nitrogen and oxygen atoms in total. The number of likely N-dealkylation sites (tertiary alicyclic amines) is 1. The Balaban J connectivity index is 1.30. The highest BCUT2D eigenvalue weighted by Gasteiger charge is 2.52. The number of aromatic hydroxyl groups is 1. The molecule has 2 aromatic carbocycles. The van der Waals surface area contributed by atoms with Crippen LogP contribution in [0.15, 0.2) is 42.5 Å². The molecule has 3 aliphatic heterocycles. The Morgan fingerprint density at radius 3 is 2.68 bits per heavy atom. The molecule has 0 bridgehead atoms. The van der Waals surface area contributed by atoms with E-state index in [0.717, 1.165) is 31.4 Å². The summed E-state index contributed by atoms with van der Waals surface area (Å²) < 4.78 is 13.0. The molecule has 2 saturated heterocycles. The number of rotatable bonds is 4. The lowest BCUT2D eigenvalue weighted by atomic mass is 9.72. The van der Waals surface area contributed by atoms with Crippen molar-refractivity contribution in [3.05, 3.63) is 53.6 Å². The van der Waals surface area contributed by atoms with E-state index in [-0.39, 0.29) is 41.6 Å². The van der Waals surface area contributed by atoms with Crippen molar-refractivity contribution in [3.63, 3.8) is 0 Å². The van der Waals surface area contributed by atoms with E-state index in [2.05, 4.69) is 24.1 Å². The van der Waals surface area contributed by atoms with Gasteiger partial charge in [0.05, 0.1) is 18.8 Å². The van der Waals surface area contributed by atoms with Crippen LogP contribution in [-0.2, 0) is 9.53 Å². The molecule has 0 aliphatic carbocycles. The Morgan fingerprint density at radius 1 is 1.18 bits per heavy atom. The van der Waals surface area contributed by atoms with Crippen molar-refractivity contribution < 1.29 is 24.2 Å². The molecule has 0 saturated carbocycles. The molecule has 0 aromatic heterocycles. The summed E-state index contributed by atoms with van der Waals surface area (Å²) in [6, 6.07) is 12.4. The fourth-order valence-electron chi connectivity index (χ4n) is 5.73. The van der Waals surface area contributed by atoms with Crippen LogP contribution in [0.2, 0.25) is 0 Å². The first kappa shape index (κ1) is 22.9. The first-order valence-corrected chi connectivity index (χ1v) is 12.0. The Morgan fingerprint density at radius 2 is 1.94 bits per heavy atom. The van der Waals surface area contributed by atoms with Crippen LogP contribution in [0.1, 0.15) is 62.1 Å². The number of hydrogen-bond acceptors (Lipinski definition) is 6. The van der Waals surface area contributed by atoms with Crippen molar-refractivity contribution in [2.45, 2.75) is 63.9 Å². The molecule has 2 fully saturated rings. The number of hydrogen-bond donors (Lipinski definition) is 2. The van der Waals surface area contributed by atoms with Gasteiger partial charge in [0.25, 0.3) is 0 Å². The van der Waals surface area contributed by atoms with Gasteiger partial charge in [-0.2, -0.15) is 0 Å². The smallest absolute Gasteiger partial charge is 0.238 e. The maximum atomic E-state index is 12.9. The monoisotopic (exact) mass is 464 g/mol. The first-order valence-electron chi connectivity index (χ1n) is 12.0. The zero-order valence-corrected chi connectivity index (χ0v) is 19.9. The van der Waals surface area contributed by atoms with E-state index in [4.69, 9.17) is 9.47 Å². The molecule has 4 atom stereocenters. The highest BCUT2D eigenvalue weighted by Crippen LogP contribution is 2.52. The molecule has 2 aromatic rings. The number of carbonyl (C=O) groups excluding carboxylic acids is 2. The van der Waals surface area contributed by atoms with Crippen molar-refractivity contribution in [3.8, 4) is 11.5 Å². The minimum absolute atomic E-state index is 0.00174. The number of phenols is 1. The third-order valence-corrected chi connectivity index (χ3v) is 7.51. The van der Waals surface area contributed by atoms with Crippen LogP contribution in [0.4, 0.5) is 5.69 Å². The van der Waals surface area contributed by atoms with Crippen LogP contribution in [0.5, 0.6) is 11.5 Å². The number of nitrogens with one attached hydrogen (secondary N) is 1. The van der Waals surface area contributed by atoms with Gasteiger partial charge in [0.2, 0.25) is 5.91 Å². The lowest BCUT2D eigenvalue weighted by Crippen LogP contribution is -2.59. The van der Waals surface area contributed by atoms with Crippen molar-refractivity contribution in [1.29, 1.82) is 0 Å². The van der Waals surface area contributed by atoms with Gasteiger partial charge >= 0.3 is 0 Å². The molecule has 34 heavy (non-hydrogen) atoms. The van der Waals surface area contributed by atoms with Crippen LogP contribution < -0.4 is 10.1 Å². The molecule has 3 aliphatic rings. The lowest BCUT2D eigenvalue weighted by molar-refractivity contribution is -0.189. The number of benzene rings is 2. The van der Waals surface area contributed by atoms with Crippen molar-refractivity contribution >= 4 is 17.4 Å². The van der Waals surface area contributed by atoms with Gasteiger partial charge in [0, 0.05) is 34.8 Å². The molecule has 3 heterocycles. The number of piperidine rings is 1. The second-order valence-electron chi connectivity index (χ2n) is 10.2.